The zero-order chi connectivity index (χ0) is 19.2. The Kier molecular flexibility index (Phi) is 5.86. The van der Waals surface area contributed by atoms with Crippen LogP contribution in [-0.2, 0) is 17.8 Å². The van der Waals surface area contributed by atoms with Crippen molar-refractivity contribution in [3.63, 3.8) is 0 Å². The molecule has 0 radical (unpaired) electrons. The molecule has 2 atom stereocenters. The van der Waals surface area contributed by atoms with Gasteiger partial charge in [0.25, 0.3) is 0 Å². The highest BCUT2D eigenvalue weighted by molar-refractivity contribution is 5.66. The first-order valence-corrected chi connectivity index (χ1v) is 10.2. The Morgan fingerprint density at radius 2 is 1.57 bits per heavy atom. The van der Waals surface area contributed by atoms with E-state index >= 15 is 0 Å². The van der Waals surface area contributed by atoms with Gasteiger partial charge in [-0.2, -0.15) is 0 Å². The predicted molar refractivity (Wildman–Crippen MR) is 116 cm³/mol. The van der Waals surface area contributed by atoms with Crippen LogP contribution in [0, 0.1) is 0 Å². The van der Waals surface area contributed by atoms with E-state index in [1.54, 1.807) is 0 Å². The third kappa shape index (κ3) is 4.17. The van der Waals surface area contributed by atoms with Crippen molar-refractivity contribution in [1.29, 1.82) is 0 Å². The van der Waals surface area contributed by atoms with Gasteiger partial charge in [0.15, 0.2) is 0 Å². The summed E-state index contributed by atoms with van der Waals surface area (Å²) in [6.45, 7) is 0.739. The van der Waals surface area contributed by atoms with Gasteiger partial charge in [-0.15, -0.1) is 0 Å². The summed E-state index contributed by atoms with van der Waals surface area (Å²) in [5.74, 6) is 0.446. The Hall–Kier alpha value is -2.87. The number of rotatable bonds is 7. The van der Waals surface area contributed by atoms with E-state index in [2.05, 4.69) is 65.6 Å². The van der Waals surface area contributed by atoms with Crippen molar-refractivity contribution in [2.45, 2.75) is 44.2 Å². The Balaban J connectivity index is 1.62. The molecule has 28 heavy (non-hydrogen) atoms. The maximum absolute atomic E-state index is 12.3. The van der Waals surface area contributed by atoms with Crippen LogP contribution in [0.15, 0.2) is 84.9 Å². The van der Waals surface area contributed by atoms with Crippen molar-refractivity contribution >= 4 is 12.0 Å². The zero-order valence-electron chi connectivity index (χ0n) is 16.2. The average Bonchev–Trinajstić information content (AvgIpc) is 2.77. The first-order chi connectivity index (χ1) is 13.8. The SMILES string of the molecule is O=CC(CC1CCCc2ccccc21)N(Cc1ccccc1)c1ccccc1. The van der Waals surface area contributed by atoms with Crippen molar-refractivity contribution < 1.29 is 4.79 Å². The monoisotopic (exact) mass is 369 g/mol. The average molecular weight is 370 g/mol. The fourth-order valence-corrected chi connectivity index (χ4v) is 4.45. The summed E-state index contributed by atoms with van der Waals surface area (Å²) in [5.41, 5.74) is 5.22. The number of fused-ring (bicyclic) bond motifs is 1. The number of aryl methyl sites for hydroxylation is 1. The highest BCUT2D eigenvalue weighted by Crippen LogP contribution is 2.36. The Labute approximate surface area is 167 Å². The maximum Gasteiger partial charge on any atom is 0.142 e. The van der Waals surface area contributed by atoms with Gasteiger partial charge in [0, 0.05) is 12.2 Å². The summed E-state index contributed by atoms with van der Waals surface area (Å²) >= 11 is 0. The second kappa shape index (κ2) is 8.88. The summed E-state index contributed by atoms with van der Waals surface area (Å²) in [5, 5.41) is 0. The minimum atomic E-state index is -0.140. The Bertz CT molecular complexity index is 891. The van der Waals surface area contributed by atoms with E-state index in [0.29, 0.717) is 5.92 Å². The van der Waals surface area contributed by atoms with Gasteiger partial charge < -0.3 is 9.69 Å². The summed E-state index contributed by atoms with van der Waals surface area (Å²) < 4.78 is 0. The van der Waals surface area contributed by atoms with E-state index in [1.807, 2.05) is 24.3 Å². The summed E-state index contributed by atoms with van der Waals surface area (Å²) in [7, 11) is 0. The molecule has 1 aliphatic carbocycles. The van der Waals surface area contributed by atoms with E-state index < -0.39 is 0 Å². The number of carbonyl (C=O) groups is 1. The quantitative estimate of drug-likeness (QED) is 0.493. The van der Waals surface area contributed by atoms with Gasteiger partial charge in [0.05, 0.1) is 6.04 Å². The molecule has 0 bridgehead atoms. The molecule has 0 N–H and O–H groups in total. The molecule has 3 aromatic carbocycles. The smallest absolute Gasteiger partial charge is 0.142 e. The van der Waals surface area contributed by atoms with Gasteiger partial charge in [-0.3, -0.25) is 0 Å². The van der Waals surface area contributed by atoms with Gasteiger partial charge in [0.2, 0.25) is 0 Å². The second-order valence-corrected chi connectivity index (χ2v) is 7.68. The van der Waals surface area contributed by atoms with Crippen LogP contribution in [0.25, 0.3) is 0 Å². The van der Waals surface area contributed by atoms with Crippen LogP contribution < -0.4 is 4.90 Å². The molecule has 0 aromatic heterocycles. The fourth-order valence-electron chi connectivity index (χ4n) is 4.45. The van der Waals surface area contributed by atoms with Crippen LogP contribution in [-0.4, -0.2) is 12.3 Å². The molecule has 0 spiro atoms. The molecular formula is C26H27NO. The molecule has 3 aromatic rings. The third-order valence-corrected chi connectivity index (χ3v) is 5.86. The summed E-state index contributed by atoms with van der Waals surface area (Å²) in [6, 6.07) is 29.4. The standard InChI is InChI=1S/C26H27NO/c28-20-25(18-23-14-9-13-22-12-7-8-17-26(22)23)27(24-15-5-2-6-16-24)19-21-10-3-1-4-11-21/h1-8,10-12,15-17,20,23,25H,9,13-14,18-19H2. The minimum Gasteiger partial charge on any atom is -0.357 e. The number of anilines is 1. The molecule has 4 rings (SSSR count). The highest BCUT2D eigenvalue weighted by atomic mass is 16.1. The second-order valence-electron chi connectivity index (χ2n) is 7.68. The molecule has 2 unspecified atom stereocenters. The van der Waals surface area contributed by atoms with Crippen LogP contribution in [0.2, 0.25) is 0 Å². The predicted octanol–water partition coefficient (Wildman–Crippen LogP) is 5.77. The lowest BCUT2D eigenvalue weighted by atomic mass is 9.79. The zero-order valence-corrected chi connectivity index (χ0v) is 16.2. The number of hydrogen-bond acceptors (Lipinski definition) is 2. The van der Waals surface area contributed by atoms with Gasteiger partial charge in [-0.1, -0.05) is 72.8 Å². The van der Waals surface area contributed by atoms with Gasteiger partial charge in [0.1, 0.15) is 6.29 Å². The van der Waals surface area contributed by atoms with E-state index in [0.717, 1.165) is 37.8 Å². The van der Waals surface area contributed by atoms with Crippen molar-refractivity contribution in [3.8, 4) is 0 Å². The topological polar surface area (TPSA) is 20.3 Å². The van der Waals surface area contributed by atoms with Crippen LogP contribution >= 0.6 is 0 Å². The summed E-state index contributed by atoms with van der Waals surface area (Å²) in [6.07, 6.45) is 5.53. The molecule has 0 fully saturated rings. The first kappa shape index (κ1) is 18.5. The molecule has 0 heterocycles. The number of nitrogens with zero attached hydrogens (tertiary/aromatic N) is 1. The van der Waals surface area contributed by atoms with E-state index in [9.17, 15) is 4.79 Å². The van der Waals surface area contributed by atoms with Gasteiger partial charge >= 0.3 is 0 Å². The normalized spacial score (nSPS) is 16.8. The number of hydrogen-bond donors (Lipinski definition) is 0. The molecule has 0 amide bonds. The lowest BCUT2D eigenvalue weighted by Gasteiger charge is -2.34. The highest BCUT2D eigenvalue weighted by Gasteiger charge is 2.27. The molecule has 0 saturated heterocycles. The lowest BCUT2D eigenvalue weighted by Crippen LogP contribution is -2.37. The van der Waals surface area contributed by atoms with Crippen molar-refractivity contribution in [1.82, 2.24) is 0 Å². The molecule has 2 heteroatoms. The van der Waals surface area contributed by atoms with Crippen molar-refractivity contribution in [2.24, 2.45) is 0 Å². The van der Waals surface area contributed by atoms with E-state index in [4.69, 9.17) is 0 Å². The maximum atomic E-state index is 12.3. The first-order valence-electron chi connectivity index (χ1n) is 10.2. The number of para-hydroxylation sites is 1. The molecule has 142 valence electrons. The molecule has 0 saturated carbocycles. The van der Waals surface area contributed by atoms with Crippen LogP contribution in [0.3, 0.4) is 0 Å². The Morgan fingerprint density at radius 1 is 0.893 bits per heavy atom. The number of benzene rings is 3. The molecular weight excluding hydrogens is 342 g/mol. The fraction of sp³-hybridized carbons (Fsp3) is 0.269. The third-order valence-electron chi connectivity index (χ3n) is 5.86. The molecule has 2 nitrogen and oxygen atoms in total. The number of aldehydes is 1. The largest absolute Gasteiger partial charge is 0.357 e. The molecule has 1 aliphatic rings. The van der Waals surface area contributed by atoms with Crippen LogP contribution in [0.5, 0.6) is 0 Å². The summed E-state index contributed by atoms with van der Waals surface area (Å²) in [4.78, 5) is 14.5. The van der Waals surface area contributed by atoms with Crippen LogP contribution in [0.4, 0.5) is 5.69 Å². The van der Waals surface area contributed by atoms with E-state index in [-0.39, 0.29) is 6.04 Å². The number of carbonyl (C=O) groups excluding carboxylic acids is 1. The van der Waals surface area contributed by atoms with Gasteiger partial charge in [-0.05, 0) is 60.4 Å². The van der Waals surface area contributed by atoms with Crippen molar-refractivity contribution in [3.05, 3.63) is 102 Å². The van der Waals surface area contributed by atoms with Crippen molar-refractivity contribution in [2.75, 3.05) is 4.90 Å². The van der Waals surface area contributed by atoms with Gasteiger partial charge in [-0.25, -0.2) is 0 Å². The minimum absolute atomic E-state index is 0.140. The Morgan fingerprint density at radius 3 is 2.32 bits per heavy atom. The lowest BCUT2D eigenvalue weighted by molar-refractivity contribution is -0.109. The molecule has 0 aliphatic heterocycles. The van der Waals surface area contributed by atoms with E-state index in [1.165, 1.54) is 23.1 Å². The van der Waals surface area contributed by atoms with Crippen LogP contribution in [0.1, 0.15) is 41.9 Å².